The number of amides is 1. The average Bonchev–Trinajstić information content (AvgIpc) is 2.76. The van der Waals surface area contributed by atoms with Gasteiger partial charge in [0.2, 0.25) is 5.91 Å². The maximum atomic E-state index is 12.4. The fourth-order valence-electron chi connectivity index (χ4n) is 2.35. The van der Waals surface area contributed by atoms with Gasteiger partial charge in [0.25, 0.3) is 0 Å². The van der Waals surface area contributed by atoms with Gasteiger partial charge in [0.15, 0.2) is 0 Å². The third-order valence-corrected chi connectivity index (χ3v) is 3.58. The predicted molar refractivity (Wildman–Crippen MR) is 68.9 cm³/mol. The molecule has 0 radical (unpaired) electrons. The van der Waals surface area contributed by atoms with Crippen molar-refractivity contribution in [2.45, 2.75) is 19.0 Å². The number of likely N-dealkylation sites (tertiary alicyclic amines) is 1. The van der Waals surface area contributed by atoms with Crippen LogP contribution in [-0.2, 0) is 17.4 Å². The van der Waals surface area contributed by atoms with E-state index < -0.39 is 11.7 Å². The Balaban J connectivity index is 1.90. The highest BCUT2D eigenvalue weighted by atomic mass is 19.4. The minimum absolute atomic E-state index is 0.0763. The van der Waals surface area contributed by atoms with Gasteiger partial charge in [-0.1, -0.05) is 12.1 Å². The molecule has 1 aromatic carbocycles. The average molecular weight is 286 g/mol. The summed E-state index contributed by atoms with van der Waals surface area (Å²) >= 11 is 0. The minimum atomic E-state index is -4.31. The van der Waals surface area contributed by atoms with Crippen molar-refractivity contribution in [2.75, 3.05) is 19.6 Å². The Labute approximate surface area is 115 Å². The molecule has 1 saturated heterocycles. The zero-order chi connectivity index (χ0) is 14.8. The second-order valence-electron chi connectivity index (χ2n) is 5.09. The van der Waals surface area contributed by atoms with E-state index in [-0.39, 0.29) is 11.8 Å². The van der Waals surface area contributed by atoms with Gasteiger partial charge in [0.05, 0.1) is 5.56 Å². The van der Waals surface area contributed by atoms with Crippen LogP contribution in [0.4, 0.5) is 13.2 Å². The van der Waals surface area contributed by atoms with Crippen LogP contribution in [0.5, 0.6) is 0 Å². The lowest BCUT2D eigenvalue weighted by Crippen LogP contribution is -2.28. The summed E-state index contributed by atoms with van der Waals surface area (Å²) in [5.41, 5.74) is 5.68. The summed E-state index contributed by atoms with van der Waals surface area (Å²) in [4.78, 5) is 13.4. The number of hydrogen-bond donors (Lipinski definition) is 1. The Hall–Kier alpha value is -1.56. The molecule has 2 N–H and O–H groups in total. The maximum absolute atomic E-state index is 12.4. The van der Waals surface area contributed by atoms with Crippen LogP contribution < -0.4 is 5.73 Å². The van der Waals surface area contributed by atoms with Crippen molar-refractivity contribution in [1.82, 2.24) is 4.90 Å². The monoisotopic (exact) mass is 286 g/mol. The molecule has 0 spiro atoms. The highest BCUT2D eigenvalue weighted by molar-refractivity contribution is 5.78. The molecule has 2 rings (SSSR count). The molecule has 1 fully saturated rings. The predicted octanol–water partition coefficient (Wildman–Crippen LogP) is 2.06. The van der Waals surface area contributed by atoms with Gasteiger partial charge in [-0.05, 0) is 36.6 Å². The number of halogens is 3. The van der Waals surface area contributed by atoms with Crippen LogP contribution in [-0.4, -0.2) is 30.4 Å². The zero-order valence-electron chi connectivity index (χ0n) is 11.0. The summed E-state index contributed by atoms with van der Waals surface area (Å²) in [6.45, 7) is 1.67. The molecule has 1 heterocycles. The Kier molecular flexibility index (Phi) is 4.32. The van der Waals surface area contributed by atoms with Crippen molar-refractivity contribution in [2.24, 2.45) is 11.7 Å². The zero-order valence-corrected chi connectivity index (χ0v) is 11.0. The smallest absolute Gasteiger partial charge is 0.342 e. The van der Waals surface area contributed by atoms with Crippen molar-refractivity contribution in [1.29, 1.82) is 0 Å². The first-order valence-corrected chi connectivity index (χ1v) is 6.54. The van der Waals surface area contributed by atoms with Crippen molar-refractivity contribution >= 4 is 5.91 Å². The summed E-state index contributed by atoms with van der Waals surface area (Å²) in [7, 11) is 0. The van der Waals surface area contributed by atoms with Crippen LogP contribution in [0.3, 0.4) is 0 Å². The number of rotatable bonds is 4. The maximum Gasteiger partial charge on any atom is 0.416 e. The molecule has 0 aliphatic carbocycles. The molecular weight excluding hydrogens is 269 g/mol. The molecule has 1 unspecified atom stereocenters. The highest BCUT2D eigenvalue weighted by Gasteiger charge is 2.30. The first-order chi connectivity index (χ1) is 9.40. The molecule has 0 bridgehead atoms. The fourth-order valence-corrected chi connectivity index (χ4v) is 2.35. The van der Waals surface area contributed by atoms with E-state index in [0.717, 1.165) is 17.7 Å². The summed E-state index contributed by atoms with van der Waals surface area (Å²) in [6.07, 6.45) is -3.28. The molecule has 6 heteroatoms. The van der Waals surface area contributed by atoms with Crippen LogP contribution in [0.1, 0.15) is 17.5 Å². The van der Waals surface area contributed by atoms with E-state index in [1.165, 1.54) is 12.1 Å². The number of benzene rings is 1. The van der Waals surface area contributed by atoms with E-state index in [4.69, 9.17) is 5.73 Å². The minimum Gasteiger partial charge on any atom is -0.342 e. The lowest BCUT2D eigenvalue weighted by Gasteiger charge is -2.16. The van der Waals surface area contributed by atoms with Gasteiger partial charge in [-0.2, -0.15) is 13.2 Å². The van der Waals surface area contributed by atoms with Gasteiger partial charge in [0.1, 0.15) is 0 Å². The number of alkyl halides is 3. The standard InChI is InChI=1S/C14H17F3N2O/c15-14(16,17)12-3-1-10(2-4-12)5-6-19-9-11(8-18)7-13(19)20/h1-4,11H,5-9,18H2. The van der Waals surface area contributed by atoms with Gasteiger partial charge in [0, 0.05) is 19.5 Å². The second-order valence-corrected chi connectivity index (χ2v) is 5.09. The largest absolute Gasteiger partial charge is 0.416 e. The van der Waals surface area contributed by atoms with Crippen LogP contribution in [0.2, 0.25) is 0 Å². The highest BCUT2D eigenvalue weighted by Crippen LogP contribution is 2.29. The van der Waals surface area contributed by atoms with Crippen LogP contribution >= 0.6 is 0 Å². The van der Waals surface area contributed by atoms with Gasteiger partial charge >= 0.3 is 6.18 Å². The summed E-state index contributed by atoms with van der Waals surface area (Å²) in [5.74, 6) is 0.280. The Morgan fingerprint density at radius 3 is 2.40 bits per heavy atom. The number of nitrogens with zero attached hydrogens (tertiary/aromatic N) is 1. The van der Waals surface area contributed by atoms with Crippen molar-refractivity contribution in [3.05, 3.63) is 35.4 Å². The Bertz CT molecular complexity index is 470. The van der Waals surface area contributed by atoms with Crippen LogP contribution in [0.15, 0.2) is 24.3 Å². The molecule has 20 heavy (non-hydrogen) atoms. The molecule has 1 amide bonds. The topological polar surface area (TPSA) is 46.3 Å². The second kappa shape index (κ2) is 5.83. The molecule has 0 aromatic heterocycles. The van der Waals surface area contributed by atoms with Gasteiger partial charge in [-0.25, -0.2) is 0 Å². The third kappa shape index (κ3) is 3.50. The molecule has 1 aliphatic rings. The summed E-state index contributed by atoms with van der Waals surface area (Å²) in [6, 6.07) is 5.07. The molecule has 110 valence electrons. The quantitative estimate of drug-likeness (QED) is 0.921. The number of hydrogen-bond acceptors (Lipinski definition) is 2. The van der Waals surface area contributed by atoms with Crippen molar-refractivity contribution < 1.29 is 18.0 Å². The SMILES string of the molecule is NCC1CC(=O)N(CCc2ccc(C(F)(F)F)cc2)C1. The van der Waals surface area contributed by atoms with E-state index >= 15 is 0 Å². The molecule has 3 nitrogen and oxygen atoms in total. The first-order valence-electron chi connectivity index (χ1n) is 6.54. The normalized spacial score (nSPS) is 19.7. The van der Waals surface area contributed by atoms with Crippen molar-refractivity contribution in [3.8, 4) is 0 Å². The summed E-state index contributed by atoms with van der Waals surface area (Å²) < 4.78 is 37.3. The fraction of sp³-hybridized carbons (Fsp3) is 0.500. The molecule has 1 aliphatic heterocycles. The molecular formula is C14H17F3N2O. The number of carbonyl (C=O) groups excluding carboxylic acids is 1. The molecule has 1 atom stereocenters. The Morgan fingerprint density at radius 2 is 1.90 bits per heavy atom. The van der Waals surface area contributed by atoms with Crippen molar-refractivity contribution in [3.63, 3.8) is 0 Å². The molecule has 0 saturated carbocycles. The van der Waals surface area contributed by atoms with Gasteiger partial charge in [-0.15, -0.1) is 0 Å². The van der Waals surface area contributed by atoms with E-state index in [2.05, 4.69) is 0 Å². The van der Waals surface area contributed by atoms with E-state index in [1.807, 2.05) is 0 Å². The molecule has 1 aromatic rings. The van der Waals surface area contributed by atoms with Crippen LogP contribution in [0, 0.1) is 5.92 Å². The summed E-state index contributed by atoms with van der Waals surface area (Å²) in [5, 5.41) is 0. The Morgan fingerprint density at radius 1 is 1.25 bits per heavy atom. The number of carbonyl (C=O) groups is 1. The van der Waals surface area contributed by atoms with E-state index in [9.17, 15) is 18.0 Å². The van der Waals surface area contributed by atoms with Gasteiger partial charge in [-0.3, -0.25) is 4.79 Å². The lowest BCUT2D eigenvalue weighted by atomic mass is 10.1. The van der Waals surface area contributed by atoms with E-state index in [0.29, 0.717) is 32.5 Å². The third-order valence-electron chi connectivity index (χ3n) is 3.58. The van der Waals surface area contributed by atoms with Crippen LogP contribution in [0.25, 0.3) is 0 Å². The lowest BCUT2D eigenvalue weighted by molar-refractivity contribution is -0.137. The first kappa shape index (κ1) is 14.8. The number of nitrogens with two attached hydrogens (primary N) is 1. The van der Waals surface area contributed by atoms with Gasteiger partial charge < -0.3 is 10.6 Å². The van der Waals surface area contributed by atoms with E-state index in [1.54, 1.807) is 4.90 Å².